The molecule has 2 aromatic rings. The zero-order chi connectivity index (χ0) is 11.7. The Labute approximate surface area is 101 Å². The second-order valence-corrected chi connectivity index (χ2v) is 4.09. The van der Waals surface area contributed by atoms with E-state index >= 15 is 0 Å². The second-order valence-electron chi connectivity index (χ2n) is 3.24. The smallest absolute Gasteiger partial charge is 0.339 e. The molecule has 2 N–H and O–H groups in total. The molecule has 0 saturated carbocycles. The fraction of sp³-hybridized carbons (Fsp3) is 0.0909. The van der Waals surface area contributed by atoms with E-state index in [2.05, 4.69) is 25.7 Å². The van der Waals surface area contributed by atoms with Gasteiger partial charge in [-0.1, -0.05) is 6.07 Å². The summed E-state index contributed by atoms with van der Waals surface area (Å²) in [5, 5.41) is 1.65. The van der Waals surface area contributed by atoms with Gasteiger partial charge in [-0.05, 0) is 22.0 Å². The van der Waals surface area contributed by atoms with Crippen LogP contribution < -0.4 is 5.73 Å². The van der Waals surface area contributed by atoms with E-state index in [-0.39, 0.29) is 0 Å². The Balaban J connectivity index is 2.78. The number of rotatable bonds is 1. The van der Waals surface area contributed by atoms with Crippen molar-refractivity contribution in [3.8, 4) is 0 Å². The number of carbonyl (C=O) groups excluding carboxylic acids is 1. The van der Waals surface area contributed by atoms with Crippen molar-refractivity contribution in [1.82, 2.24) is 4.98 Å². The van der Waals surface area contributed by atoms with Crippen molar-refractivity contribution in [2.75, 3.05) is 12.8 Å². The predicted molar refractivity (Wildman–Crippen MR) is 65.2 cm³/mol. The number of nitrogens with two attached hydrogens (primary N) is 1. The molecule has 0 aliphatic carbocycles. The summed E-state index contributed by atoms with van der Waals surface area (Å²) >= 11 is 3.36. The molecule has 0 bridgehead atoms. The average molecular weight is 281 g/mol. The number of anilines is 1. The number of benzene rings is 1. The second kappa shape index (κ2) is 4.09. The van der Waals surface area contributed by atoms with Crippen LogP contribution in [0.1, 0.15) is 10.4 Å². The van der Waals surface area contributed by atoms with Gasteiger partial charge in [-0.25, -0.2) is 4.79 Å². The number of hydrogen-bond acceptors (Lipinski definition) is 4. The molecule has 5 heteroatoms. The van der Waals surface area contributed by atoms with Crippen molar-refractivity contribution in [2.45, 2.75) is 0 Å². The van der Waals surface area contributed by atoms with E-state index in [1.807, 2.05) is 0 Å². The number of aromatic nitrogens is 1. The first kappa shape index (κ1) is 10.9. The number of nitrogens with zero attached hydrogens (tertiary/aromatic N) is 1. The molecule has 0 fully saturated rings. The Morgan fingerprint density at radius 1 is 1.44 bits per heavy atom. The first-order chi connectivity index (χ1) is 7.65. The Morgan fingerprint density at radius 2 is 2.19 bits per heavy atom. The van der Waals surface area contributed by atoms with Gasteiger partial charge >= 0.3 is 5.97 Å². The van der Waals surface area contributed by atoms with Gasteiger partial charge in [-0.3, -0.25) is 4.98 Å². The molecule has 1 aromatic carbocycles. The summed E-state index contributed by atoms with van der Waals surface area (Å²) in [6.07, 6.45) is 3.33. The Bertz CT molecular complexity index is 569. The molecular weight excluding hydrogens is 272 g/mol. The molecule has 0 amide bonds. The highest BCUT2D eigenvalue weighted by Crippen LogP contribution is 2.30. The molecule has 1 heterocycles. The number of halogens is 1. The molecule has 0 saturated heterocycles. The topological polar surface area (TPSA) is 65.2 Å². The monoisotopic (exact) mass is 280 g/mol. The highest BCUT2D eigenvalue weighted by Gasteiger charge is 2.13. The molecule has 0 unspecified atom stereocenters. The van der Waals surface area contributed by atoms with Crippen LogP contribution in [0.2, 0.25) is 0 Å². The Morgan fingerprint density at radius 3 is 2.88 bits per heavy atom. The minimum Gasteiger partial charge on any atom is -0.465 e. The molecule has 1 aromatic heterocycles. The molecule has 2 rings (SSSR count). The maximum absolute atomic E-state index is 11.5. The van der Waals surface area contributed by atoms with Crippen LogP contribution in [0.15, 0.2) is 29.0 Å². The van der Waals surface area contributed by atoms with Gasteiger partial charge in [-0.15, -0.1) is 0 Å². The van der Waals surface area contributed by atoms with Gasteiger partial charge in [0.2, 0.25) is 0 Å². The fourth-order valence-corrected chi connectivity index (χ4v) is 2.11. The highest BCUT2D eigenvalue weighted by molar-refractivity contribution is 9.10. The van der Waals surface area contributed by atoms with Crippen LogP contribution in [0.4, 0.5) is 5.69 Å². The normalized spacial score (nSPS) is 10.4. The predicted octanol–water partition coefficient (Wildman–Crippen LogP) is 2.37. The van der Waals surface area contributed by atoms with Crippen molar-refractivity contribution < 1.29 is 9.53 Å². The van der Waals surface area contributed by atoms with E-state index in [1.165, 1.54) is 7.11 Å². The number of carbonyl (C=O) groups is 1. The van der Waals surface area contributed by atoms with Gasteiger partial charge in [0.15, 0.2) is 0 Å². The number of ether oxygens (including phenoxy) is 1. The summed E-state index contributed by atoms with van der Waals surface area (Å²) in [6.45, 7) is 0. The standard InChI is InChI=1S/C11H9BrN2O2/c1-16-11(15)7-3-2-6-4-14-5-8(12)9(6)10(7)13/h2-5H,13H2,1H3. The summed E-state index contributed by atoms with van der Waals surface area (Å²) in [7, 11) is 1.33. The number of fused-ring (bicyclic) bond motifs is 1. The number of hydrogen-bond donors (Lipinski definition) is 1. The summed E-state index contributed by atoms with van der Waals surface area (Å²) in [4.78, 5) is 15.5. The Hall–Kier alpha value is -1.62. The lowest BCUT2D eigenvalue weighted by atomic mass is 10.1. The minimum atomic E-state index is -0.442. The zero-order valence-corrected chi connectivity index (χ0v) is 10.1. The average Bonchev–Trinajstić information content (AvgIpc) is 2.28. The molecular formula is C11H9BrN2O2. The fourth-order valence-electron chi connectivity index (χ4n) is 1.55. The van der Waals surface area contributed by atoms with Crippen molar-refractivity contribution >= 4 is 38.4 Å². The van der Waals surface area contributed by atoms with Crippen LogP contribution in [0.3, 0.4) is 0 Å². The van der Waals surface area contributed by atoms with Crippen LogP contribution >= 0.6 is 15.9 Å². The molecule has 0 spiro atoms. The van der Waals surface area contributed by atoms with Gasteiger partial charge in [0.25, 0.3) is 0 Å². The quantitative estimate of drug-likeness (QED) is 0.643. The third-order valence-electron chi connectivity index (χ3n) is 2.32. The van der Waals surface area contributed by atoms with E-state index < -0.39 is 5.97 Å². The van der Waals surface area contributed by atoms with Crippen LogP contribution in [0.25, 0.3) is 10.8 Å². The summed E-state index contributed by atoms with van der Waals surface area (Å²) in [5.41, 5.74) is 6.70. The van der Waals surface area contributed by atoms with Gasteiger partial charge in [0, 0.05) is 27.6 Å². The zero-order valence-electron chi connectivity index (χ0n) is 8.53. The van der Waals surface area contributed by atoms with Gasteiger partial charge in [-0.2, -0.15) is 0 Å². The summed E-state index contributed by atoms with van der Waals surface area (Å²) in [6, 6.07) is 3.42. The van der Waals surface area contributed by atoms with Crippen LogP contribution in [-0.2, 0) is 4.74 Å². The SMILES string of the molecule is COC(=O)c1ccc2cncc(Br)c2c1N. The van der Waals surface area contributed by atoms with E-state index in [0.29, 0.717) is 11.3 Å². The first-order valence-corrected chi connectivity index (χ1v) is 5.34. The number of pyridine rings is 1. The summed E-state index contributed by atoms with van der Waals surface area (Å²) < 4.78 is 5.41. The molecule has 0 aliphatic heterocycles. The lowest BCUT2D eigenvalue weighted by Gasteiger charge is -2.08. The van der Waals surface area contributed by atoms with Crippen LogP contribution in [-0.4, -0.2) is 18.1 Å². The maximum Gasteiger partial charge on any atom is 0.339 e. The molecule has 16 heavy (non-hydrogen) atoms. The Kier molecular flexibility index (Phi) is 2.78. The maximum atomic E-state index is 11.5. The number of nitrogen functional groups attached to an aromatic ring is 1. The number of methoxy groups -OCH3 is 1. The van der Waals surface area contributed by atoms with E-state index in [4.69, 9.17) is 5.73 Å². The van der Waals surface area contributed by atoms with Crippen molar-refractivity contribution in [3.63, 3.8) is 0 Å². The third kappa shape index (κ3) is 1.63. The third-order valence-corrected chi connectivity index (χ3v) is 2.92. The van der Waals surface area contributed by atoms with Crippen molar-refractivity contribution in [2.24, 2.45) is 0 Å². The van der Waals surface area contributed by atoms with E-state index in [1.54, 1.807) is 24.5 Å². The lowest BCUT2D eigenvalue weighted by Crippen LogP contribution is -2.06. The van der Waals surface area contributed by atoms with Crippen LogP contribution in [0.5, 0.6) is 0 Å². The van der Waals surface area contributed by atoms with E-state index in [0.717, 1.165) is 15.2 Å². The molecule has 0 atom stereocenters. The first-order valence-electron chi connectivity index (χ1n) is 4.55. The molecule has 4 nitrogen and oxygen atoms in total. The van der Waals surface area contributed by atoms with Gasteiger partial charge in [0.05, 0.1) is 18.4 Å². The summed E-state index contributed by atoms with van der Waals surface area (Å²) in [5.74, 6) is -0.442. The van der Waals surface area contributed by atoms with Crippen molar-refractivity contribution in [1.29, 1.82) is 0 Å². The molecule has 82 valence electrons. The van der Waals surface area contributed by atoms with E-state index in [9.17, 15) is 4.79 Å². The molecule has 0 aliphatic rings. The van der Waals surface area contributed by atoms with Gasteiger partial charge in [0.1, 0.15) is 0 Å². The molecule has 0 radical (unpaired) electrons. The van der Waals surface area contributed by atoms with Crippen LogP contribution in [0, 0.1) is 0 Å². The minimum absolute atomic E-state index is 0.363. The van der Waals surface area contributed by atoms with Crippen molar-refractivity contribution in [3.05, 3.63) is 34.6 Å². The largest absolute Gasteiger partial charge is 0.465 e. The number of esters is 1. The lowest BCUT2D eigenvalue weighted by molar-refractivity contribution is 0.0602. The van der Waals surface area contributed by atoms with Gasteiger partial charge < -0.3 is 10.5 Å². The highest BCUT2D eigenvalue weighted by atomic mass is 79.9.